The fraction of sp³-hybridized carbons (Fsp3) is 0.524. The average Bonchev–Trinajstić information content (AvgIpc) is 2.76. The van der Waals surface area contributed by atoms with Crippen molar-refractivity contribution >= 4 is 11.5 Å². The quantitative estimate of drug-likeness (QED) is 0.276. The van der Waals surface area contributed by atoms with Gasteiger partial charge in [0.05, 0.1) is 4.92 Å². The zero-order valence-electron chi connectivity index (χ0n) is 18.1. The maximum Gasteiger partial charge on any atom is 0.332 e. The maximum absolute atomic E-state index is 12.0. The van der Waals surface area contributed by atoms with Crippen LogP contribution >= 0.6 is 0 Å². The smallest absolute Gasteiger partial charge is 0.332 e. The summed E-state index contributed by atoms with van der Waals surface area (Å²) in [6.07, 6.45) is 3.42. The van der Waals surface area contributed by atoms with Gasteiger partial charge in [0.2, 0.25) is 0 Å². The molecule has 0 radical (unpaired) electrons. The summed E-state index contributed by atoms with van der Waals surface area (Å²) in [4.78, 5) is 36.4. The molecule has 2 aromatic rings. The van der Waals surface area contributed by atoms with E-state index in [1.807, 2.05) is 0 Å². The lowest BCUT2D eigenvalue weighted by Crippen LogP contribution is -2.38. The second kappa shape index (κ2) is 12.0. The summed E-state index contributed by atoms with van der Waals surface area (Å²) < 4.78 is 2.47. The minimum absolute atomic E-state index is 0.0974. The van der Waals surface area contributed by atoms with E-state index >= 15 is 0 Å². The van der Waals surface area contributed by atoms with Crippen LogP contribution in [0.3, 0.4) is 0 Å². The van der Waals surface area contributed by atoms with Crippen LogP contribution in [0.2, 0.25) is 0 Å². The van der Waals surface area contributed by atoms with E-state index in [1.165, 1.54) is 29.8 Å². The molecule has 0 unspecified atom stereocenters. The van der Waals surface area contributed by atoms with E-state index in [1.54, 1.807) is 19.2 Å². The molecule has 0 bridgehead atoms. The monoisotopic (exact) mass is 433 g/mol. The zero-order chi connectivity index (χ0) is 22.8. The van der Waals surface area contributed by atoms with Gasteiger partial charge in [-0.15, -0.1) is 0 Å². The van der Waals surface area contributed by atoms with Gasteiger partial charge in [0.1, 0.15) is 5.82 Å². The van der Waals surface area contributed by atoms with E-state index in [9.17, 15) is 19.7 Å². The molecular weight excluding hydrogens is 402 g/mol. The van der Waals surface area contributed by atoms with E-state index < -0.39 is 4.92 Å². The van der Waals surface area contributed by atoms with Crippen LogP contribution in [0.25, 0.3) is 0 Å². The van der Waals surface area contributed by atoms with Crippen LogP contribution in [-0.4, -0.2) is 56.8 Å². The molecule has 170 valence electrons. The summed E-state index contributed by atoms with van der Waals surface area (Å²) >= 11 is 0. The first-order valence-corrected chi connectivity index (χ1v) is 10.4. The predicted molar refractivity (Wildman–Crippen MR) is 120 cm³/mol. The van der Waals surface area contributed by atoms with Crippen LogP contribution < -0.4 is 16.6 Å². The molecule has 31 heavy (non-hydrogen) atoms. The number of hydrogen-bond donors (Lipinski definition) is 2. The van der Waals surface area contributed by atoms with Gasteiger partial charge in [-0.25, -0.2) is 4.79 Å². The highest BCUT2D eigenvalue weighted by Gasteiger charge is 2.08. The van der Waals surface area contributed by atoms with Gasteiger partial charge in [-0.3, -0.25) is 24.0 Å². The number of non-ortho nitro benzene ring substituents is 1. The van der Waals surface area contributed by atoms with E-state index in [0.717, 1.165) is 42.5 Å². The molecule has 0 aliphatic heterocycles. The molecule has 0 spiro atoms. The van der Waals surface area contributed by atoms with Crippen molar-refractivity contribution in [1.82, 2.24) is 14.0 Å². The fourth-order valence-corrected chi connectivity index (χ4v) is 3.32. The number of aliphatic hydroxyl groups is 1. The van der Waals surface area contributed by atoms with Crippen molar-refractivity contribution in [2.24, 2.45) is 14.1 Å². The maximum atomic E-state index is 12.0. The Morgan fingerprint density at radius 3 is 2.35 bits per heavy atom. The Labute approximate surface area is 180 Å². The molecule has 0 saturated heterocycles. The Hall–Kier alpha value is -2.98. The lowest BCUT2D eigenvalue weighted by atomic mass is 10.1. The Morgan fingerprint density at radius 1 is 1.03 bits per heavy atom. The molecule has 1 heterocycles. The molecule has 0 amide bonds. The number of unbranched alkanes of at least 4 members (excludes halogenated alkanes) is 1. The highest BCUT2D eigenvalue weighted by Crippen LogP contribution is 2.14. The number of nitro benzene ring substituents is 1. The van der Waals surface area contributed by atoms with Crippen LogP contribution in [0, 0.1) is 10.1 Å². The van der Waals surface area contributed by atoms with Crippen molar-refractivity contribution < 1.29 is 10.0 Å². The number of nitro groups is 1. The van der Waals surface area contributed by atoms with E-state index in [0.29, 0.717) is 25.3 Å². The number of anilines is 1. The number of hydrogen-bond acceptors (Lipinski definition) is 7. The highest BCUT2D eigenvalue weighted by atomic mass is 16.6. The molecular formula is C21H31N5O5. The van der Waals surface area contributed by atoms with E-state index in [4.69, 9.17) is 5.11 Å². The first kappa shape index (κ1) is 24.3. The number of aliphatic hydroxyl groups excluding tert-OH is 1. The number of aryl methyl sites for hydroxylation is 1. The number of rotatable bonds is 13. The van der Waals surface area contributed by atoms with Gasteiger partial charge in [0, 0.05) is 58.5 Å². The fourth-order valence-electron chi connectivity index (χ4n) is 3.32. The summed E-state index contributed by atoms with van der Waals surface area (Å²) in [7, 11) is 3.06. The number of aromatic nitrogens is 2. The largest absolute Gasteiger partial charge is 0.396 e. The second-order valence-electron chi connectivity index (χ2n) is 7.49. The first-order valence-electron chi connectivity index (χ1n) is 10.4. The highest BCUT2D eigenvalue weighted by molar-refractivity contribution is 5.34. The summed E-state index contributed by atoms with van der Waals surface area (Å²) in [6, 6.07) is 8.04. The SMILES string of the molecule is Cn1c(NCCN(CCCO)CCCCc2ccc([N+](=O)[O-])cc2)cc(=O)n(C)c1=O. The van der Waals surface area contributed by atoms with Crippen LogP contribution in [-0.2, 0) is 20.5 Å². The lowest BCUT2D eigenvalue weighted by molar-refractivity contribution is -0.384. The van der Waals surface area contributed by atoms with Gasteiger partial charge < -0.3 is 15.3 Å². The second-order valence-corrected chi connectivity index (χ2v) is 7.49. The van der Waals surface area contributed by atoms with E-state index in [-0.39, 0.29) is 23.5 Å². The lowest BCUT2D eigenvalue weighted by Gasteiger charge is -2.23. The number of benzene rings is 1. The molecule has 2 N–H and O–H groups in total. The van der Waals surface area contributed by atoms with Crippen molar-refractivity contribution in [2.45, 2.75) is 25.7 Å². The van der Waals surface area contributed by atoms with Gasteiger partial charge in [-0.05, 0) is 37.8 Å². The van der Waals surface area contributed by atoms with Crippen molar-refractivity contribution in [3.63, 3.8) is 0 Å². The molecule has 10 nitrogen and oxygen atoms in total. The molecule has 0 fully saturated rings. The summed E-state index contributed by atoms with van der Waals surface area (Å²) in [6.45, 7) is 3.00. The molecule has 0 aliphatic carbocycles. The zero-order valence-corrected chi connectivity index (χ0v) is 18.1. The van der Waals surface area contributed by atoms with Gasteiger partial charge in [0.15, 0.2) is 0 Å². The third-order valence-corrected chi connectivity index (χ3v) is 5.23. The Kier molecular flexibility index (Phi) is 9.41. The summed E-state index contributed by atoms with van der Waals surface area (Å²) in [5.74, 6) is 0.480. The normalized spacial score (nSPS) is 11.1. The average molecular weight is 434 g/mol. The van der Waals surface area contributed by atoms with Crippen LogP contribution in [0.4, 0.5) is 11.5 Å². The predicted octanol–water partition coefficient (Wildman–Crippen LogP) is 1.11. The number of nitrogens with one attached hydrogen (secondary N) is 1. The molecule has 1 aromatic carbocycles. The van der Waals surface area contributed by atoms with Gasteiger partial charge in [0.25, 0.3) is 11.2 Å². The molecule has 10 heteroatoms. The molecule has 1 aromatic heterocycles. The van der Waals surface area contributed by atoms with Gasteiger partial charge in [-0.2, -0.15) is 0 Å². The van der Waals surface area contributed by atoms with Crippen LogP contribution in [0.15, 0.2) is 39.9 Å². The summed E-state index contributed by atoms with van der Waals surface area (Å²) in [5, 5.41) is 23.0. The van der Waals surface area contributed by atoms with Crippen molar-refractivity contribution in [2.75, 3.05) is 38.1 Å². The third kappa shape index (κ3) is 7.34. The molecule has 0 atom stereocenters. The van der Waals surface area contributed by atoms with Crippen LogP contribution in [0.1, 0.15) is 24.8 Å². The minimum Gasteiger partial charge on any atom is -0.396 e. The van der Waals surface area contributed by atoms with Crippen LogP contribution in [0.5, 0.6) is 0 Å². The van der Waals surface area contributed by atoms with Crippen molar-refractivity contribution in [1.29, 1.82) is 0 Å². The standard InChI is InChI=1S/C21H31N5O5/c1-23-19(16-20(28)24(2)21(23)29)22-11-14-25(13-5-15-27)12-4-3-6-17-7-9-18(10-8-17)26(30)31/h7-10,16,22,27H,3-6,11-15H2,1-2H3. The topological polar surface area (TPSA) is 123 Å². The van der Waals surface area contributed by atoms with Gasteiger partial charge in [-0.1, -0.05) is 12.1 Å². The molecule has 0 aliphatic rings. The Balaban J connectivity index is 1.81. The number of nitrogens with zero attached hydrogens (tertiary/aromatic N) is 4. The van der Waals surface area contributed by atoms with Crippen molar-refractivity contribution in [3.8, 4) is 0 Å². The minimum atomic E-state index is -0.401. The molecule has 2 rings (SSSR count). The Morgan fingerprint density at radius 2 is 1.71 bits per heavy atom. The third-order valence-electron chi connectivity index (χ3n) is 5.23. The first-order chi connectivity index (χ1) is 14.8. The van der Waals surface area contributed by atoms with Crippen molar-refractivity contribution in [3.05, 3.63) is 66.8 Å². The Bertz CT molecular complexity index is 968. The summed E-state index contributed by atoms with van der Waals surface area (Å²) in [5.41, 5.74) is 0.438. The van der Waals surface area contributed by atoms with Gasteiger partial charge >= 0.3 is 5.69 Å². The van der Waals surface area contributed by atoms with E-state index in [2.05, 4.69) is 10.2 Å². The molecule has 0 saturated carbocycles.